The van der Waals surface area contributed by atoms with Crippen molar-refractivity contribution in [1.29, 1.82) is 0 Å². The molecule has 17 heavy (non-hydrogen) atoms. The normalized spacial score (nSPS) is 9.94. The molecule has 1 aromatic heterocycles. The molecule has 86 valence electrons. The van der Waals surface area contributed by atoms with Gasteiger partial charge in [0.05, 0.1) is 23.0 Å². The van der Waals surface area contributed by atoms with E-state index in [0.29, 0.717) is 10.7 Å². The van der Waals surface area contributed by atoms with E-state index in [-0.39, 0.29) is 11.5 Å². The van der Waals surface area contributed by atoms with Crippen molar-refractivity contribution in [3.05, 3.63) is 41.2 Å². The number of halogens is 1. The number of nitrogens with one attached hydrogen (secondary N) is 1. The molecule has 0 aliphatic rings. The van der Waals surface area contributed by atoms with Crippen LogP contribution in [-0.2, 0) is 0 Å². The second-order valence-corrected chi connectivity index (χ2v) is 3.57. The van der Waals surface area contributed by atoms with Gasteiger partial charge in [0.2, 0.25) is 5.95 Å². The predicted molar refractivity (Wildman–Crippen MR) is 63.6 cm³/mol. The van der Waals surface area contributed by atoms with Crippen LogP contribution in [0.5, 0.6) is 0 Å². The molecule has 7 heteroatoms. The summed E-state index contributed by atoms with van der Waals surface area (Å²) >= 11 is 5.88. The maximum atomic E-state index is 11.8. The summed E-state index contributed by atoms with van der Waals surface area (Å²) in [7, 11) is 0. The van der Waals surface area contributed by atoms with Crippen molar-refractivity contribution in [3.8, 4) is 0 Å². The molecule has 0 spiro atoms. The molecule has 1 heterocycles. The van der Waals surface area contributed by atoms with Gasteiger partial charge >= 0.3 is 0 Å². The average molecular weight is 250 g/mol. The van der Waals surface area contributed by atoms with Gasteiger partial charge in [0, 0.05) is 5.69 Å². The number of hydrogen-bond acceptors (Lipinski definition) is 5. The smallest absolute Gasteiger partial charge is 0.259 e. The predicted octanol–water partition coefficient (Wildman–Crippen LogP) is 1.36. The molecule has 0 unspecified atom stereocenters. The van der Waals surface area contributed by atoms with Crippen LogP contribution in [0.4, 0.5) is 11.6 Å². The number of nitrogen functional groups attached to an aromatic ring is 1. The van der Waals surface area contributed by atoms with Crippen molar-refractivity contribution < 1.29 is 4.79 Å². The van der Waals surface area contributed by atoms with Crippen LogP contribution in [0.25, 0.3) is 0 Å². The van der Waals surface area contributed by atoms with E-state index in [1.807, 2.05) is 0 Å². The van der Waals surface area contributed by atoms with Crippen molar-refractivity contribution in [2.24, 2.45) is 0 Å². The first-order valence-electron chi connectivity index (χ1n) is 4.67. The summed E-state index contributed by atoms with van der Waals surface area (Å²) in [6.07, 6.45) is 2.83. The fourth-order valence-corrected chi connectivity index (χ4v) is 1.39. The molecule has 3 N–H and O–H groups in total. The molecule has 0 saturated heterocycles. The number of hydrogen-bond donors (Lipinski definition) is 2. The Morgan fingerprint density at radius 2 is 2.18 bits per heavy atom. The maximum Gasteiger partial charge on any atom is 0.259 e. The van der Waals surface area contributed by atoms with Gasteiger partial charge in [0.15, 0.2) is 0 Å². The molecule has 2 aromatic rings. The molecule has 0 atom stereocenters. The first-order valence-corrected chi connectivity index (χ1v) is 5.04. The van der Waals surface area contributed by atoms with Crippen molar-refractivity contribution in [2.45, 2.75) is 0 Å². The molecule has 0 aliphatic heterocycles. The molecule has 6 nitrogen and oxygen atoms in total. The topological polar surface area (TPSA) is 93.8 Å². The van der Waals surface area contributed by atoms with Gasteiger partial charge in [0.25, 0.3) is 5.91 Å². The lowest BCUT2D eigenvalue weighted by molar-refractivity contribution is 0.102. The summed E-state index contributed by atoms with van der Waals surface area (Å²) in [5.41, 5.74) is 6.29. The lowest BCUT2D eigenvalue weighted by atomic mass is 10.2. The largest absolute Gasteiger partial charge is 0.399 e. The highest BCUT2D eigenvalue weighted by Crippen LogP contribution is 2.19. The number of benzene rings is 1. The summed E-state index contributed by atoms with van der Waals surface area (Å²) < 4.78 is 0. The molecule has 1 amide bonds. The van der Waals surface area contributed by atoms with E-state index in [4.69, 9.17) is 17.3 Å². The summed E-state index contributed by atoms with van der Waals surface area (Å²) in [5.74, 6) is -0.328. The lowest BCUT2D eigenvalue weighted by Crippen LogP contribution is -2.15. The van der Waals surface area contributed by atoms with Gasteiger partial charge in [-0.25, -0.2) is 4.98 Å². The van der Waals surface area contributed by atoms with Crippen molar-refractivity contribution in [3.63, 3.8) is 0 Å². The van der Waals surface area contributed by atoms with Gasteiger partial charge in [-0.05, 0) is 18.2 Å². The second kappa shape index (κ2) is 4.75. The van der Waals surface area contributed by atoms with E-state index in [1.54, 1.807) is 12.1 Å². The van der Waals surface area contributed by atoms with E-state index in [2.05, 4.69) is 20.5 Å². The van der Waals surface area contributed by atoms with Crippen LogP contribution in [0.15, 0.2) is 30.6 Å². The van der Waals surface area contributed by atoms with E-state index in [1.165, 1.54) is 18.5 Å². The van der Waals surface area contributed by atoms with Crippen molar-refractivity contribution in [1.82, 2.24) is 15.2 Å². The quantitative estimate of drug-likeness (QED) is 0.784. The highest BCUT2D eigenvalue weighted by atomic mass is 35.5. The number of anilines is 2. The van der Waals surface area contributed by atoms with E-state index >= 15 is 0 Å². The minimum atomic E-state index is -0.435. The fraction of sp³-hybridized carbons (Fsp3) is 0. The van der Waals surface area contributed by atoms with Crippen LogP contribution in [0.3, 0.4) is 0 Å². The Labute approximate surface area is 102 Å². The molecule has 0 saturated carbocycles. The summed E-state index contributed by atoms with van der Waals surface area (Å²) in [6.45, 7) is 0. The first kappa shape index (κ1) is 11.3. The third-order valence-electron chi connectivity index (χ3n) is 1.94. The van der Waals surface area contributed by atoms with Crippen LogP contribution in [-0.4, -0.2) is 21.1 Å². The summed E-state index contributed by atoms with van der Waals surface area (Å²) in [5, 5.41) is 9.98. The zero-order valence-electron chi connectivity index (χ0n) is 8.59. The number of rotatable bonds is 2. The van der Waals surface area contributed by atoms with Gasteiger partial charge in [-0.1, -0.05) is 11.6 Å². The molecular formula is C10H8ClN5O. The van der Waals surface area contributed by atoms with Crippen LogP contribution in [0.2, 0.25) is 5.02 Å². The van der Waals surface area contributed by atoms with Gasteiger partial charge in [-0.15, -0.1) is 5.10 Å². The zero-order chi connectivity index (χ0) is 12.3. The Balaban J connectivity index is 2.23. The molecular weight excluding hydrogens is 242 g/mol. The number of nitrogens with two attached hydrogens (primary N) is 1. The number of aromatic nitrogens is 3. The lowest BCUT2D eigenvalue weighted by Gasteiger charge is -2.05. The fourth-order valence-electron chi connectivity index (χ4n) is 1.19. The zero-order valence-corrected chi connectivity index (χ0v) is 9.35. The number of carbonyl (C=O) groups is 1. The highest BCUT2D eigenvalue weighted by molar-refractivity contribution is 6.34. The van der Waals surface area contributed by atoms with Crippen molar-refractivity contribution in [2.75, 3.05) is 11.1 Å². The number of amides is 1. The van der Waals surface area contributed by atoms with Crippen LogP contribution < -0.4 is 11.1 Å². The second-order valence-electron chi connectivity index (χ2n) is 3.16. The molecule has 1 aromatic carbocycles. The Bertz CT molecular complexity index is 546. The Hall–Kier alpha value is -2.21. The molecule has 2 rings (SSSR count). The summed E-state index contributed by atoms with van der Waals surface area (Å²) in [6, 6.07) is 4.64. The SMILES string of the molecule is Nc1ccc(Cl)c(C(=O)Nc2nccnn2)c1. The minimum Gasteiger partial charge on any atom is -0.399 e. The molecule has 0 radical (unpaired) electrons. The van der Waals surface area contributed by atoms with Crippen LogP contribution in [0.1, 0.15) is 10.4 Å². The monoisotopic (exact) mass is 249 g/mol. The number of nitrogens with zero attached hydrogens (tertiary/aromatic N) is 3. The summed E-state index contributed by atoms with van der Waals surface area (Å²) in [4.78, 5) is 15.6. The maximum absolute atomic E-state index is 11.8. The van der Waals surface area contributed by atoms with Gasteiger partial charge in [0.1, 0.15) is 0 Å². The number of carbonyl (C=O) groups excluding carboxylic acids is 1. The minimum absolute atomic E-state index is 0.107. The van der Waals surface area contributed by atoms with Gasteiger partial charge in [-0.3, -0.25) is 10.1 Å². The van der Waals surface area contributed by atoms with Crippen LogP contribution in [0, 0.1) is 0 Å². The Morgan fingerprint density at radius 1 is 1.35 bits per heavy atom. The Kier molecular flexibility index (Phi) is 3.15. The van der Waals surface area contributed by atoms with Gasteiger partial charge < -0.3 is 5.73 Å². The Morgan fingerprint density at radius 3 is 2.88 bits per heavy atom. The first-order chi connectivity index (χ1) is 8.16. The molecule has 0 bridgehead atoms. The molecule has 0 aliphatic carbocycles. The van der Waals surface area contributed by atoms with Crippen molar-refractivity contribution >= 4 is 29.1 Å². The van der Waals surface area contributed by atoms with Crippen LogP contribution >= 0.6 is 11.6 Å². The standard InChI is InChI=1S/C10H8ClN5O/c11-8-2-1-6(12)5-7(8)9(17)15-10-13-3-4-14-16-10/h1-5H,12H2,(H,13,15,16,17). The third-order valence-corrected chi connectivity index (χ3v) is 2.27. The third kappa shape index (κ3) is 2.67. The van der Waals surface area contributed by atoms with Gasteiger partial charge in [-0.2, -0.15) is 5.10 Å². The average Bonchev–Trinajstić information content (AvgIpc) is 2.33. The molecule has 0 fully saturated rings. The van der Waals surface area contributed by atoms with E-state index in [9.17, 15) is 4.79 Å². The highest BCUT2D eigenvalue weighted by Gasteiger charge is 2.12. The van der Waals surface area contributed by atoms with E-state index in [0.717, 1.165) is 0 Å². The van der Waals surface area contributed by atoms with E-state index < -0.39 is 5.91 Å².